The third-order valence-electron chi connectivity index (χ3n) is 7.90. The molecule has 0 saturated carbocycles. The molecule has 35 heavy (non-hydrogen) atoms. The molecule has 5 rings (SSSR count). The summed E-state index contributed by atoms with van der Waals surface area (Å²) >= 11 is 0. The highest BCUT2D eigenvalue weighted by molar-refractivity contribution is 5.96. The molecule has 0 N–H and O–H groups in total. The van der Waals surface area contributed by atoms with Gasteiger partial charge in [0.1, 0.15) is 5.54 Å². The summed E-state index contributed by atoms with van der Waals surface area (Å²) in [6.45, 7) is 2.10. The Morgan fingerprint density at radius 3 is 1.89 bits per heavy atom. The van der Waals surface area contributed by atoms with Crippen LogP contribution >= 0.6 is 0 Å². The lowest BCUT2D eigenvalue weighted by Gasteiger charge is -2.44. The summed E-state index contributed by atoms with van der Waals surface area (Å²) in [4.78, 5) is 30.4. The third kappa shape index (κ3) is 4.88. The highest BCUT2D eigenvalue weighted by atomic mass is 16.2. The van der Waals surface area contributed by atoms with Gasteiger partial charge >= 0.3 is 0 Å². The van der Waals surface area contributed by atoms with Crippen LogP contribution in [0.1, 0.15) is 55.6 Å². The summed E-state index contributed by atoms with van der Waals surface area (Å²) in [7, 11) is 0. The minimum atomic E-state index is -0.441. The Morgan fingerprint density at radius 1 is 0.771 bits per heavy atom. The van der Waals surface area contributed by atoms with Crippen molar-refractivity contribution in [1.29, 1.82) is 0 Å². The molecule has 180 valence electrons. The molecule has 0 radical (unpaired) electrons. The Hall–Kier alpha value is -3.40. The fourth-order valence-corrected chi connectivity index (χ4v) is 5.98. The highest BCUT2D eigenvalue weighted by Gasteiger charge is 2.50. The second kappa shape index (κ2) is 10.5. The van der Waals surface area contributed by atoms with E-state index in [1.165, 1.54) is 11.1 Å². The summed E-state index contributed by atoms with van der Waals surface area (Å²) in [6, 6.07) is 31.4. The average molecular weight is 467 g/mol. The number of hydrogen-bond acceptors (Lipinski definition) is 3. The topological polar surface area (TPSA) is 40.6 Å². The van der Waals surface area contributed by atoms with Crippen LogP contribution in [0.3, 0.4) is 0 Å². The number of rotatable bonds is 7. The van der Waals surface area contributed by atoms with E-state index in [2.05, 4.69) is 65.6 Å². The highest BCUT2D eigenvalue weighted by Crippen LogP contribution is 2.39. The summed E-state index contributed by atoms with van der Waals surface area (Å²) in [6.07, 6.45) is 4.40. The molecule has 0 atom stereocenters. The maximum atomic E-state index is 13.1. The molecule has 2 saturated heterocycles. The van der Waals surface area contributed by atoms with Gasteiger partial charge in [-0.2, -0.15) is 0 Å². The van der Waals surface area contributed by atoms with Crippen LogP contribution in [-0.4, -0.2) is 41.8 Å². The van der Waals surface area contributed by atoms with E-state index in [0.29, 0.717) is 37.6 Å². The molecule has 4 heteroatoms. The van der Waals surface area contributed by atoms with Crippen molar-refractivity contribution in [2.75, 3.05) is 24.5 Å². The average Bonchev–Trinajstić information content (AvgIpc) is 3.23. The van der Waals surface area contributed by atoms with Crippen LogP contribution in [0.25, 0.3) is 0 Å². The fraction of sp³-hybridized carbons (Fsp3) is 0.355. The molecule has 1 spiro atoms. The van der Waals surface area contributed by atoms with Gasteiger partial charge in [0.05, 0.1) is 0 Å². The number of hydrogen-bond donors (Lipinski definition) is 0. The van der Waals surface area contributed by atoms with Gasteiger partial charge < -0.3 is 9.80 Å². The van der Waals surface area contributed by atoms with E-state index in [-0.39, 0.29) is 5.91 Å². The Balaban J connectivity index is 1.19. The Labute approximate surface area is 208 Å². The molecule has 2 heterocycles. The largest absolute Gasteiger partial charge is 0.358 e. The maximum Gasteiger partial charge on any atom is 0.222 e. The van der Waals surface area contributed by atoms with Crippen molar-refractivity contribution in [2.45, 2.75) is 50.0 Å². The molecule has 2 aliphatic heterocycles. The van der Waals surface area contributed by atoms with Crippen LogP contribution in [-0.2, 0) is 9.59 Å². The zero-order valence-electron chi connectivity index (χ0n) is 20.3. The number of piperidine rings is 1. The number of carbonyl (C=O) groups excluding carboxylic acids is 2. The molecule has 3 aromatic carbocycles. The Morgan fingerprint density at radius 2 is 1.31 bits per heavy atom. The third-order valence-corrected chi connectivity index (χ3v) is 7.90. The Bertz CT molecular complexity index is 1080. The second-order valence-electron chi connectivity index (χ2n) is 9.84. The first kappa shape index (κ1) is 23.3. The lowest BCUT2D eigenvalue weighted by molar-refractivity contribution is -0.135. The molecule has 2 aliphatic rings. The lowest BCUT2D eigenvalue weighted by Crippen LogP contribution is -2.56. The molecule has 0 unspecified atom stereocenters. The first-order valence-electron chi connectivity index (χ1n) is 12.9. The number of anilines is 1. The van der Waals surface area contributed by atoms with E-state index >= 15 is 0 Å². The summed E-state index contributed by atoms with van der Waals surface area (Å²) in [5, 5.41) is 0. The lowest BCUT2D eigenvalue weighted by atomic mass is 9.83. The Kier molecular flexibility index (Phi) is 6.98. The molecular weight excluding hydrogens is 432 g/mol. The van der Waals surface area contributed by atoms with E-state index in [0.717, 1.165) is 37.9 Å². The summed E-state index contributed by atoms with van der Waals surface area (Å²) in [5.41, 5.74) is 3.27. The van der Waals surface area contributed by atoms with Gasteiger partial charge in [-0.25, -0.2) is 0 Å². The van der Waals surface area contributed by atoms with Gasteiger partial charge in [0.25, 0.3) is 0 Å². The number of amides is 1. The van der Waals surface area contributed by atoms with Gasteiger partial charge in [0.15, 0.2) is 5.78 Å². The molecule has 4 nitrogen and oxygen atoms in total. The normalized spacial score (nSPS) is 17.3. The van der Waals surface area contributed by atoms with Crippen LogP contribution < -0.4 is 4.90 Å². The van der Waals surface area contributed by atoms with Crippen LogP contribution in [0.15, 0.2) is 91.0 Å². The molecular formula is C31H34N2O2. The van der Waals surface area contributed by atoms with Gasteiger partial charge in [0, 0.05) is 44.1 Å². The zero-order valence-corrected chi connectivity index (χ0v) is 20.3. The van der Waals surface area contributed by atoms with Gasteiger partial charge in [-0.05, 0) is 48.9 Å². The van der Waals surface area contributed by atoms with E-state index < -0.39 is 5.54 Å². The maximum absolute atomic E-state index is 13.1. The van der Waals surface area contributed by atoms with Gasteiger partial charge in [-0.15, -0.1) is 0 Å². The van der Waals surface area contributed by atoms with Gasteiger partial charge in [0.2, 0.25) is 5.91 Å². The first-order chi connectivity index (χ1) is 17.2. The number of carbonyl (C=O) groups is 2. The minimum absolute atomic E-state index is 0.219. The van der Waals surface area contributed by atoms with Crippen LogP contribution in [0.2, 0.25) is 0 Å². The zero-order chi connectivity index (χ0) is 24.1. The molecule has 0 aromatic heterocycles. The molecule has 2 fully saturated rings. The monoisotopic (exact) mass is 466 g/mol. The first-order valence-corrected chi connectivity index (χ1v) is 12.9. The quantitative estimate of drug-likeness (QED) is 0.440. The standard InChI is InChI=1S/C31H34N2O2/c34-29-19-22-33(27-15-8-3-9-16-27)31(29)20-23-32(24-21-31)30(35)18-10-17-28(25-11-4-1-5-12-25)26-13-6-2-7-14-26/h1-9,11-16,28H,10,17-24H2. The predicted octanol–water partition coefficient (Wildman–Crippen LogP) is 5.83. The van der Waals surface area contributed by atoms with Crippen molar-refractivity contribution in [3.8, 4) is 0 Å². The van der Waals surface area contributed by atoms with Crippen LogP contribution in [0.5, 0.6) is 0 Å². The van der Waals surface area contributed by atoms with E-state index in [1.807, 2.05) is 35.2 Å². The van der Waals surface area contributed by atoms with Crippen molar-refractivity contribution >= 4 is 17.4 Å². The molecule has 1 amide bonds. The van der Waals surface area contributed by atoms with Gasteiger partial charge in [-0.3, -0.25) is 9.59 Å². The van der Waals surface area contributed by atoms with Crippen molar-refractivity contribution in [2.24, 2.45) is 0 Å². The predicted molar refractivity (Wildman–Crippen MR) is 141 cm³/mol. The van der Waals surface area contributed by atoms with E-state index in [9.17, 15) is 9.59 Å². The molecule has 0 aliphatic carbocycles. The van der Waals surface area contributed by atoms with E-state index in [1.54, 1.807) is 0 Å². The molecule has 0 bridgehead atoms. The number of ketones is 1. The summed E-state index contributed by atoms with van der Waals surface area (Å²) < 4.78 is 0. The SMILES string of the molecule is O=C(CCCC(c1ccccc1)c1ccccc1)N1CCC2(CC1)C(=O)CCN2c1ccccc1. The van der Waals surface area contributed by atoms with Crippen molar-refractivity contribution < 1.29 is 9.59 Å². The van der Waals surface area contributed by atoms with Gasteiger partial charge in [-0.1, -0.05) is 78.9 Å². The number of para-hydroxylation sites is 1. The van der Waals surface area contributed by atoms with Crippen molar-refractivity contribution in [3.63, 3.8) is 0 Å². The number of nitrogens with zero attached hydrogens (tertiary/aromatic N) is 2. The minimum Gasteiger partial charge on any atom is -0.358 e. The second-order valence-corrected chi connectivity index (χ2v) is 9.84. The van der Waals surface area contributed by atoms with Crippen LogP contribution in [0.4, 0.5) is 5.69 Å². The van der Waals surface area contributed by atoms with Crippen LogP contribution in [0, 0.1) is 0 Å². The van der Waals surface area contributed by atoms with Crippen molar-refractivity contribution in [1.82, 2.24) is 4.90 Å². The van der Waals surface area contributed by atoms with Crippen molar-refractivity contribution in [3.05, 3.63) is 102 Å². The summed E-state index contributed by atoms with van der Waals surface area (Å²) in [5.74, 6) is 0.851. The van der Waals surface area contributed by atoms with E-state index in [4.69, 9.17) is 0 Å². The number of benzene rings is 3. The number of Topliss-reactive ketones (excluding diaryl/α,β-unsaturated/α-hetero) is 1. The number of likely N-dealkylation sites (tertiary alicyclic amines) is 1. The molecule has 3 aromatic rings. The fourth-order valence-electron chi connectivity index (χ4n) is 5.98. The smallest absolute Gasteiger partial charge is 0.222 e.